The van der Waals surface area contributed by atoms with E-state index in [9.17, 15) is 9.59 Å². The highest BCUT2D eigenvalue weighted by Gasteiger charge is 2.21. The van der Waals surface area contributed by atoms with E-state index in [-0.39, 0.29) is 23.8 Å². The van der Waals surface area contributed by atoms with Gasteiger partial charge in [0.1, 0.15) is 6.04 Å². The molecule has 24 heavy (non-hydrogen) atoms. The lowest BCUT2D eigenvalue weighted by Crippen LogP contribution is -2.47. The van der Waals surface area contributed by atoms with Crippen LogP contribution in [-0.2, 0) is 10.2 Å². The van der Waals surface area contributed by atoms with Crippen LogP contribution in [0.15, 0.2) is 24.3 Å². The average molecular weight is 346 g/mol. The molecule has 5 heteroatoms. The summed E-state index contributed by atoms with van der Waals surface area (Å²) in [4.78, 5) is 24.5. The number of hydrogen-bond donors (Lipinski definition) is 2. The molecule has 1 aromatic rings. The first-order chi connectivity index (χ1) is 11.3. The largest absolute Gasteiger partial charge is 0.343 e. The van der Waals surface area contributed by atoms with Gasteiger partial charge in [0, 0.05) is 5.56 Å². The SMILES string of the molecule is C#CCNC(=O)[C@H](CCSC)NC(=O)c1ccc(C(C)(C)C)cc1. The highest BCUT2D eigenvalue weighted by atomic mass is 32.2. The Balaban J connectivity index is 2.79. The van der Waals surface area contributed by atoms with Gasteiger partial charge in [-0.2, -0.15) is 11.8 Å². The van der Waals surface area contributed by atoms with Crippen LogP contribution in [0.4, 0.5) is 0 Å². The number of carbonyl (C=O) groups excluding carboxylic acids is 2. The van der Waals surface area contributed by atoms with Crippen molar-refractivity contribution in [2.45, 2.75) is 38.6 Å². The first-order valence-electron chi connectivity index (χ1n) is 7.91. The van der Waals surface area contributed by atoms with Crippen molar-refractivity contribution in [2.75, 3.05) is 18.6 Å². The van der Waals surface area contributed by atoms with Gasteiger partial charge in [-0.05, 0) is 41.5 Å². The van der Waals surface area contributed by atoms with Crippen LogP contribution in [0.5, 0.6) is 0 Å². The van der Waals surface area contributed by atoms with Crippen molar-refractivity contribution < 1.29 is 9.59 Å². The van der Waals surface area contributed by atoms with Gasteiger partial charge in [0.05, 0.1) is 6.54 Å². The number of benzene rings is 1. The highest BCUT2D eigenvalue weighted by molar-refractivity contribution is 7.98. The Kier molecular flexibility index (Phi) is 7.87. The average Bonchev–Trinajstić information content (AvgIpc) is 2.55. The van der Waals surface area contributed by atoms with Gasteiger partial charge in [-0.25, -0.2) is 0 Å². The van der Waals surface area contributed by atoms with Crippen LogP contribution in [0.1, 0.15) is 43.1 Å². The van der Waals surface area contributed by atoms with Crippen LogP contribution >= 0.6 is 11.8 Å². The fraction of sp³-hybridized carbons (Fsp3) is 0.474. The first kappa shape index (κ1) is 20.1. The minimum absolute atomic E-state index is 0.0327. The lowest BCUT2D eigenvalue weighted by molar-refractivity contribution is -0.122. The summed E-state index contributed by atoms with van der Waals surface area (Å²) in [5.74, 6) is 2.64. The van der Waals surface area contributed by atoms with E-state index in [0.717, 1.165) is 11.3 Å². The first-order valence-corrected chi connectivity index (χ1v) is 9.30. The van der Waals surface area contributed by atoms with Crippen LogP contribution in [0.2, 0.25) is 0 Å². The molecule has 0 saturated heterocycles. The van der Waals surface area contributed by atoms with E-state index in [0.29, 0.717) is 12.0 Å². The monoisotopic (exact) mass is 346 g/mol. The van der Waals surface area contributed by atoms with E-state index in [1.807, 2.05) is 18.4 Å². The van der Waals surface area contributed by atoms with Crippen molar-refractivity contribution in [1.82, 2.24) is 10.6 Å². The zero-order valence-electron chi connectivity index (χ0n) is 14.8. The predicted molar refractivity (Wildman–Crippen MR) is 101 cm³/mol. The van der Waals surface area contributed by atoms with Gasteiger partial charge < -0.3 is 10.6 Å². The van der Waals surface area contributed by atoms with Crippen LogP contribution in [0, 0.1) is 12.3 Å². The molecule has 130 valence electrons. The van der Waals surface area contributed by atoms with Crippen LogP contribution in [0.3, 0.4) is 0 Å². The van der Waals surface area contributed by atoms with Crippen molar-refractivity contribution in [3.8, 4) is 12.3 Å². The third kappa shape index (κ3) is 6.29. The summed E-state index contributed by atoms with van der Waals surface area (Å²) in [5.41, 5.74) is 1.73. The maximum Gasteiger partial charge on any atom is 0.251 e. The Morgan fingerprint density at radius 2 is 1.88 bits per heavy atom. The Morgan fingerprint density at radius 1 is 1.25 bits per heavy atom. The predicted octanol–water partition coefficient (Wildman–Crippen LogP) is 2.59. The molecule has 2 N–H and O–H groups in total. The van der Waals surface area contributed by atoms with Crippen molar-refractivity contribution in [1.29, 1.82) is 0 Å². The summed E-state index contributed by atoms with van der Waals surface area (Å²) >= 11 is 1.63. The number of terminal acetylenes is 1. The van der Waals surface area contributed by atoms with Crippen LogP contribution < -0.4 is 10.6 Å². The molecular weight excluding hydrogens is 320 g/mol. The van der Waals surface area contributed by atoms with E-state index >= 15 is 0 Å². The fourth-order valence-corrected chi connectivity index (χ4v) is 2.60. The second kappa shape index (κ2) is 9.39. The molecule has 1 aromatic carbocycles. The molecule has 2 amide bonds. The molecule has 0 fully saturated rings. The summed E-state index contributed by atoms with van der Waals surface area (Å²) in [6.45, 7) is 6.52. The fourth-order valence-electron chi connectivity index (χ4n) is 2.13. The minimum atomic E-state index is -0.583. The number of nitrogens with one attached hydrogen (secondary N) is 2. The Labute approximate surface area is 149 Å². The Bertz CT molecular complexity index is 597. The van der Waals surface area contributed by atoms with E-state index < -0.39 is 6.04 Å². The van der Waals surface area contributed by atoms with Gasteiger partial charge in [0.2, 0.25) is 5.91 Å². The molecule has 0 heterocycles. The molecule has 0 bridgehead atoms. The van der Waals surface area contributed by atoms with Crippen molar-refractivity contribution in [3.63, 3.8) is 0 Å². The minimum Gasteiger partial charge on any atom is -0.343 e. The molecule has 0 aliphatic rings. The standard InChI is InChI=1S/C19H26N2O2S/c1-6-12-20-18(23)16(11-13-24-5)21-17(22)14-7-9-15(10-8-14)19(2,3)4/h1,7-10,16H,11-13H2,2-5H3,(H,20,23)(H,21,22)/t16-/m0/s1. The van der Waals surface area contributed by atoms with E-state index in [1.165, 1.54) is 0 Å². The molecule has 0 aromatic heterocycles. The van der Waals surface area contributed by atoms with Crippen molar-refractivity contribution >= 4 is 23.6 Å². The van der Waals surface area contributed by atoms with Gasteiger partial charge in [-0.15, -0.1) is 6.42 Å². The second-order valence-corrected chi connectivity index (χ2v) is 7.54. The van der Waals surface area contributed by atoms with E-state index in [1.54, 1.807) is 23.9 Å². The number of amides is 2. The normalized spacial score (nSPS) is 12.1. The molecular formula is C19H26N2O2S. The highest BCUT2D eigenvalue weighted by Crippen LogP contribution is 2.22. The summed E-state index contributed by atoms with van der Waals surface area (Å²) in [5, 5.41) is 5.43. The van der Waals surface area contributed by atoms with Gasteiger partial charge in [0.25, 0.3) is 5.91 Å². The number of thioether (sulfide) groups is 1. The number of carbonyl (C=O) groups is 2. The van der Waals surface area contributed by atoms with Crippen molar-refractivity contribution in [3.05, 3.63) is 35.4 Å². The molecule has 0 aliphatic heterocycles. The van der Waals surface area contributed by atoms with Gasteiger partial charge in [-0.1, -0.05) is 38.8 Å². The zero-order chi connectivity index (χ0) is 18.2. The third-order valence-corrected chi connectivity index (χ3v) is 4.25. The summed E-state index contributed by atoms with van der Waals surface area (Å²) in [6.07, 6.45) is 7.68. The quantitative estimate of drug-likeness (QED) is 0.746. The zero-order valence-corrected chi connectivity index (χ0v) is 15.6. The molecule has 4 nitrogen and oxygen atoms in total. The van der Waals surface area contributed by atoms with Gasteiger partial charge in [-0.3, -0.25) is 9.59 Å². The molecule has 0 aliphatic carbocycles. The smallest absolute Gasteiger partial charge is 0.251 e. The topological polar surface area (TPSA) is 58.2 Å². The van der Waals surface area contributed by atoms with E-state index in [4.69, 9.17) is 6.42 Å². The number of hydrogen-bond acceptors (Lipinski definition) is 3. The summed E-state index contributed by atoms with van der Waals surface area (Å²) in [6, 6.07) is 6.90. The third-order valence-electron chi connectivity index (χ3n) is 3.61. The molecule has 0 radical (unpaired) electrons. The molecule has 1 atom stereocenters. The van der Waals surface area contributed by atoms with Crippen LogP contribution in [-0.4, -0.2) is 36.4 Å². The maximum absolute atomic E-state index is 12.4. The maximum atomic E-state index is 12.4. The Hall–Kier alpha value is -1.93. The summed E-state index contributed by atoms with van der Waals surface area (Å²) < 4.78 is 0. The molecule has 0 unspecified atom stereocenters. The Morgan fingerprint density at radius 3 is 2.38 bits per heavy atom. The van der Waals surface area contributed by atoms with Crippen molar-refractivity contribution in [2.24, 2.45) is 0 Å². The van der Waals surface area contributed by atoms with Gasteiger partial charge in [0.15, 0.2) is 0 Å². The molecule has 0 saturated carbocycles. The van der Waals surface area contributed by atoms with E-state index in [2.05, 4.69) is 37.3 Å². The van der Waals surface area contributed by atoms with Gasteiger partial charge >= 0.3 is 0 Å². The lowest BCUT2D eigenvalue weighted by atomic mass is 9.86. The van der Waals surface area contributed by atoms with Crippen LogP contribution in [0.25, 0.3) is 0 Å². The molecule has 0 spiro atoms. The molecule has 1 rings (SSSR count). The number of rotatable bonds is 7. The second-order valence-electron chi connectivity index (χ2n) is 6.56. The lowest BCUT2D eigenvalue weighted by Gasteiger charge is -2.20. The summed E-state index contributed by atoms with van der Waals surface area (Å²) in [7, 11) is 0.